The predicted octanol–water partition coefficient (Wildman–Crippen LogP) is 14.4. The lowest BCUT2D eigenvalue weighted by atomic mass is 10.0. The second-order valence-electron chi connectivity index (χ2n) is 18.5. The quantitative estimate of drug-likeness (QED) is 0.0402. The minimum absolute atomic E-state index is 0.205. The first-order chi connectivity index (χ1) is 34.4. The Labute approximate surface area is 423 Å². The highest BCUT2D eigenvalue weighted by molar-refractivity contribution is 14.2. The van der Waals surface area contributed by atoms with Crippen LogP contribution in [0, 0.1) is 0 Å². The first-order valence-electron chi connectivity index (χ1n) is 25.6. The van der Waals surface area contributed by atoms with Crippen molar-refractivity contribution in [1.82, 2.24) is 9.97 Å². The normalized spacial score (nSPS) is 17.9. The maximum absolute atomic E-state index is 10.4. The molecule has 2 aromatic heterocycles. The van der Waals surface area contributed by atoms with E-state index in [1.54, 1.807) is 24.3 Å². The van der Waals surface area contributed by atoms with Gasteiger partial charge in [0.15, 0.2) is 0 Å². The summed E-state index contributed by atoms with van der Waals surface area (Å²) in [6.45, 7) is 5.95. The van der Waals surface area contributed by atoms with Gasteiger partial charge in [0.1, 0.15) is 23.0 Å². The molecule has 0 spiro atoms. The zero-order valence-electron chi connectivity index (χ0n) is 40.7. The monoisotopic (exact) mass is 1040 g/mol. The van der Waals surface area contributed by atoms with Crippen LogP contribution in [-0.4, -0.2) is 42.6 Å². The molecule has 3 aliphatic rings. The van der Waals surface area contributed by atoms with Crippen molar-refractivity contribution in [2.24, 2.45) is 4.99 Å². The summed E-state index contributed by atoms with van der Waals surface area (Å²) in [5, 5.41) is 22.7. The van der Waals surface area contributed by atoms with Gasteiger partial charge in [-0.1, -0.05) is 160 Å². The minimum atomic E-state index is -0.710. The van der Waals surface area contributed by atoms with E-state index in [2.05, 4.69) is 121 Å². The number of aliphatic imine (C=N–C) groups is 1. The fourth-order valence-electron chi connectivity index (χ4n) is 9.51. The van der Waals surface area contributed by atoms with Crippen molar-refractivity contribution in [3.63, 3.8) is 0 Å². The maximum Gasteiger partial charge on any atom is 0.119 e. The lowest BCUT2D eigenvalue weighted by Gasteiger charge is -2.13. The Balaban J connectivity index is 1.14. The van der Waals surface area contributed by atoms with E-state index in [-0.39, 0.29) is 11.5 Å². The summed E-state index contributed by atoms with van der Waals surface area (Å²) in [4.78, 5) is 13.2. The first-order valence-corrected chi connectivity index (χ1v) is 27.8. The van der Waals surface area contributed by atoms with Crippen LogP contribution in [0.1, 0.15) is 137 Å². The molecule has 0 aliphatic carbocycles. The lowest BCUT2D eigenvalue weighted by Crippen LogP contribution is -2.20. The molecule has 8 heteroatoms. The summed E-state index contributed by atoms with van der Waals surface area (Å²) in [7, 11) is 0. The number of aromatic nitrogens is 2. The van der Waals surface area contributed by atoms with Crippen molar-refractivity contribution in [1.29, 1.82) is 0 Å². The van der Waals surface area contributed by atoms with Crippen molar-refractivity contribution in [2.45, 2.75) is 104 Å². The third-order valence-electron chi connectivity index (χ3n) is 13.3. The molecule has 0 saturated carbocycles. The fraction of sp³-hybridized carbons (Fsp3) is 0.290. The van der Waals surface area contributed by atoms with Crippen molar-refractivity contribution in [3.8, 4) is 23.0 Å². The van der Waals surface area contributed by atoms with E-state index < -0.39 is 20.7 Å². The number of H-pyrrole nitrogens is 2. The number of fused-ring (bicyclic) bond motifs is 6. The van der Waals surface area contributed by atoms with Gasteiger partial charge in [0.25, 0.3) is 0 Å². The third-order valence-corrected chi connectivity index (χ3v) is 16.3. The van der Waals surface area contributed by atoms with Gasteiger partial charge in [0, 0.05) is 51.5 Å². The van der Waals surface area contributed by atoms with Gasteiger partial charge in [-0.25, -0.2) is 4.99 Å². The number of phenolic OH excluding ortho intramolecular Hbond substituents is 2. The number of hydrogen-bond acceptors (Lipinski definition) is 5. The Morgan fingerprint density at radius 2 is 0.886 bits per heavy atom. The molecule has 0 radical (unpaired) electrons. The van der Waals surface area contributed by atoms with E-state index in [1.807, 2.05) is 24.3 Å². The van der Waals surface area contributed by atoms with E-state index in [9.17, 15) is 10.2 Å². The van der Waals surface area contributed by atoms with Gasteiger partial charge in [-0.05, 0) is 132 Å². The summed E-state index contributed by atoms with van der Waals surface area (Å²) in [5.41, 5.74) is 11.9. The molecule has 8 bridgehead atoms. The molecular weight excluding hydrogens is 978 g/mol. The predicted molar refractivity (Wildman–Crippen MR) is 299 cm³/mol. The van der Waals surface area contributed by atoms with E-state index in [0.29, 0.717) is 6.61 Å². The molecule has 360 valence electrons. The molecule has 5 heterocycles. The van der Waals surface area contributed by atoms with Gasteiger partial charge >= 0.3 is 0 Å². The van der Waals surface area contributed by atoms with Crippen LogP contribution in [0.2, 0.25) is 0 Å². The van der Waals surface area contributed by atoms with E-state index in [0.717, 1.165) is 103 Å². The van der Waals surface area contributed by atoms with Crippen LogP contribution >= 0.6 is 20.7 Å². The highest BCUT2D eigenvalue weighted by atomic mass is 127. The molecule has 0 saturated heterocycles. The number of nitrogens with one attached hydrogen (secondary N) is 2. The van der Waals surface area contributed by atoms with Gasteiger partial charge < -0.3 is 29.7 Å². The third kappa shape index (κ3) is 12.0. The topological polar surface area (TPSA) is 103 Å². The molecule has 9 rings (SSSR count). The highest BCUT2D eigenvalue weighted by Gasteiger charge is 2.23. The number of aromatic amines is 2. The Morgan fingerprint density at radius 3 is 1.44 bits per heavy atom. The smallest absolute Gasteiger partial charge is 0.119 e. The van der Waals surface area contributed by atoms with Crippen LogP contribution in [0.5, 0.6) is 23.0 Å². The molecule has 7 nitrogen and oxygen atoms in total. The molecule has 0 unspecified atom stereocenters. The molecule has 3 aliphatic heterocycles. The number of rotatable bonds is 22. The number of unbranched alkanes of at least 4 members (excludes halogenated alkanes) is 12. The van der Waals surface area contributed by atoms with E-state index in [4.69, 9.17) is 14.5 Å². The standard InChI is InChI=1S/C62H66IN3O4/c1-3-5-7-9-10-11-12-14-16-42-70-49-29-21-44(22-30-49)60-52-34-33-51(63-52)59(43-17-25-47(67)26-18-43)53-35-37-55(64-53)61(45-19-27-48(68)28-20-45)57-39-40-58(66-57)62(56-38-36-54(60)65-56)46-23-31-50(32-24-46)69-41-15-13-8-6-4-2/h17-40,64-65,67-68H,3-16,41-42H2,1-2H3/b59-51?,59-53-,60-52-,60-54?,61-55-,61-57?,62-56?,62-58-. The number of allylic oxidation sites excluding steroid dienone is 5. The largest absolute Gasteiger partial charge is 0.508 e. The Bertz CT molecular complexity index is 3050. The fourth-order valence-corrected chi connectivity index (χ4v) is 12.6. The number of benzene rings is 4. The van der Waals surface area contributed by atoms with Crippen LogP contribution < -0.4 is 20.2 Å². The molecule has 4 N–H and O–H groups in total. The summed E-state index contributed by atoms with van der Waals surface area (Å²) in [6, 6.07) is 40.7. The maximum atomic E-state index is 10.4. The zero-order valence-corrected chi connectivity index (χ0v) is 42.9. The number of phenols is 2. The molecule has 0 atom stereocenters. The number of nitrogens with zero attached hydrogens (tertiary/aromatic N) is 1. The van der Waals surface area contributed by atoms with E-state index in [1.165, 1.54) is 89.7 Å². The molecule has 0 fully saturated rings. The molecule has 70 heavy (non-hydrogen) atoms. The van der Waals surface area contributed by atoms with Crippen molar-refractivity contribution in [3.05, 3.63) is 199 Å². The number of ether oxygens (including phenoxy) is 2. The van der Waals surface area contributed by atoms with Crippen LogP contribution in [0.15, 0.2) is 160 Å². The highest BCUT2D eigenvalue weighted by Crippen LogP contribution is 2.41. The second kappa shape index (κ2) is 24.0. The van der Waals surface area contributed by atoms with Gasteiger partial charge in [-0.15, -0.1) is 0 Å². The van der Waals surface area contributed by atoms with Crippen molar-refractivity contribution < 1.29 is 19.7 Å². The van der Waals surface area contributed by atoms with Crippen LogP contribution in [0.3, 0.4) is 0 Å². The average molecular weight is 1040 g/mol. The average Bonchev–Trinajstić information content (AvgIpc) is 4.24. The van der Waals surface area contributed by atoms with E-state index >= 15 is 0 Å². The van der Waals surface area contributed by atoms with Crippen LogP contribution in [-0.2, 0) is 0 Å². The van der Waals surface area contributed by atoms with Gasteiger partial charge in [0.05, 0.1) is 24.6 Å². The summed E-state index contributed by atoms with van der Waals surface area (Å²) in [6.07, 6.45) is 26.4. The second-order valence-corrected chi connectivity index (χ2v) is 21.4. The SMILES string of the molecule is CCCCCCCCCCCOc1ccc(/C2=C3\C=CC(=I3)/C(c3ccc(O)cc3)=c3/cc/c([nH]3)=C(\c3ccc(O)cc3)C3=N/C(=C(/c4ccc(OCCCCCCC)cc4)c4ccc2[nH]4)C=C3)cc1. The van der Waals surface area contributed by atoms with Gasteiger partial charge in [-0.2, -0.15) is 0 Å². The number of halogens is 1. The van der Waals surface area contributed by atoms with Gasteiger partial charge in [-0.3, -0.25) is 0 Å². The Hall–Kier alpha value is -6.39. The summed E-state index contributed by atoms with van der Waals surface area (Å²) >= 11 is -0.710. The lowest BCUT2D eigenvalue weighted by molar-refractivity contribution is 0.304. The summed E-state index contributed by atoms with van der Waals surface area (Å²) in [5.74, 6) is 2.19. The minimum Gasteiger partial charge on any atom is -0.508 e. The molecule has 6 aromatic rings. The van der Waals surface area contributed by atoms with Gasteiger partial charge in [0.2, 0.25) is 0 Å². The van der Waals surface area contributed by atoms with Crippen molar-refractivity contribution >= 4 is 52.2 Å². The van der Waals surface area contributed by atoms with Crippen LogP contribution in [0.25, 0.3) is 22.3 Å². The van der Waals surface area contributed by atoms with Crippen molar-refractivity contribution in [2.75, 3.05) is 13.2 Å². The zero-order chi connectivity index (χ0) is 48.1. The number of hydrogen-bond donors (Lipinski definition) is 4. The Kier molecular flexibility index (Phi) is 16.6. The molecule has 0 amide bonds. The Morgan fingerprint density at radius 1 is 0.429 bits per heavy atom. The first kappa shape index (κ1) is 48.6. The number of aromatic hydroxyl groups is 2. The molecule has 4 aromatic carbocycles. The molecular formula is C62H66IN3O4. The van der Waals surface area contributed by atoms with Crippen LogP contribution in [0.4, 0.5) is 0 Å². The summed E-state index contributed by atoms with van der Waals surface area (Å²) < 4.78 is 15.1.